The number of ether oxygens (including phenoxy) is 1. The van der Waals surface area contributed by atoms with Crippen LogP contribution >= 0.6 is 0 Å². The predicted molar refractivity (Wildman–Crippen MR) is 81.9 cm³/mol. The highest BCUT2D eigenvalue weighted by molar-refractivity contribution is 5.05. The molecule has 0 atom stereocenters. The van der Waals surface area contributed by atoms with Gasteiger partial charge in [0.05, 0.1) is 6.61 Å². The molecule has 18 heavy (non-hydrogen) atoms. The van der Waals surface area contributed by atoms with E-state index in [1.807, 2.05) is 6.92 Å². The van der Waals surface area contributed by atoms with E-state index in [1.165, 1.54) is 29.6 Å². The summed E-state index contributed by atoms with van der Waals surface area (Å²) >= 11 is 0. The first-order valence-electron chi connectivity index (χ1n) is 7.08. The van der Waals surface area contributed by atoms with E-state index in [-0.39, 0.29) is 0 Å². The van der Waals surface area contributed by atoms with E-state index >= 15 is 0 Å². The zero-order valence-corrected chi connectivity index (χ0v) is 12.9. The molecule has 0 amide bonds. The van der Waals surface area contributed by atoms with E-state index in [0.29, 0.717) is 0 Å². The fraction of sp³-hybridized carbons (Fsp3) is 0.647. The maximum Gasteiger partial charge on any atom is 0.0649 e. The van der Waals surface area contributed by atoms with Gasteiger partial charge in [0.15, 0.2) is 0 Å². The minimum absolute atomic E-state index is 0.756. The summed E-state index contributed by atoms with van der Waals surface area (Å²) in [6, 6.07) is 0. The summed E-state index contributed by atoms with van der Waals surface area (Å²) in [5, 5.41) is 0. The molecule has 0 saturated carbocycles. The predicted octanol–water partition coefficient (Wildman–Crippen LogP) is 5.44. The highest BCUT2D eigenvalue weighted by atomic mass is 16.5. The maximum absolute atomic E-state index is 5.31. The summed E-state index contributed by atoms with van der Waals surface area (Å²) in [4.78, 5) is 0. The largest absolute Gasteiger partial charge is 0.378 e. The van der Waals surface area contributed by atoms with Crippen molar-refractivity contribution in [3.63, 3.8) is 0 Å². The molecule has 0 fully saturated rings. The molecule has 0 aliphatic carbocycles. The monoisotopic (exact) mass is 250 g/mol. The highest BCUT2D eigenvalue weighted by Crippen LogP contribution is 2.11. The molecule has 0 unspecified atom stereocenters. The molecule has 0 spiro atoms. The Bertz CT molecular complexity index is 291. The second-order valence-corrected chi connectivity index (χ2v) is 5.12. The fourth-order valence-electron chi connectivity index (χ4n) is 1.66. The first-order valence-corrected chi connectivity index (χ1v) is 7.08. The number of allylic oxidation sites excluding steroid dienone is 5. The lowest BCUT2D eigenvalue weighted by atomic mass is 10.1. The molecule has 0 rings (SSSR count). The van der Waals surface area contributed by atoms with Crippen molar-refractivity contribution in [2.75, 3.05) is 13.2 Å². The third-order valence-electron chi connectivity index (χ3n) is 2.88. The molecule has 0 N–H and O–H groups in total. The fourth-order valence-corrected chi connectivity index (χ4v) is 1.66. The first kappa shape index (κ1) is 17.2. The van der Waals surface area contributed by atoms with Crippen LogP contribution < -0.4 is 0 Å². The molecule has 0 heterocycles. The summed E-state index contributed by atoms with van der Waals surface area (Å²) in [6.45, 7) is 12.3. The highest BCUT2D eigenvalue weighted by Gasteiger charge is 1.91. The van der Waals surface area contributed by atoms with E-state index in [9.17, 15) is 0 Å². The molecule has 1 nitrogen and oxygen atoms in total. The molecule has 0 aromatic heterocycles. The van der Waals surface area contributed by atoms with Crippen LogP contribution in [0.25, 0.3) is 0 Å². The van der Waals surface area contributed by atoms with Gasteiger partial charge in [-0.05, 0) is 60.3 Å². The van der Waals surface area contributed by atoms with Gasteiger partial charge in [-0.25, -0.2) is 0 Å². The van der Waals surface area contributed by atoms with Crippen LogP contribution in [0.2, 0.25) is 0 Å². The number of hydrogen-bond acceptors (Lipinski definition) is 1. The van der Waals surface area contributed by atoms with Crippen molar-refractivity contribution in [2.24, 2.45) is 0 Å². The van der Waals surface area contributed by atoms with Crippen LogP contribution in [0, 0.1) is 0 Å². The van der Waals surface area contributed by atoms with Crippen LogP contribution in [0.5, 0.6) is 0 Å². The van der Waals surface area contributed by atoms with Crippen molar-refractivity contribution in [2.45, 2.75) is 60.3 Å². The molecule has 0 aliphatic rings. The third-order valence-corrected chi connectivity index (χ3v) is 2.88. The van der Waals surface area contributed by atoms with Crippen molar-refractivity contribution >= 4 is 0 Å². The third kappa shape index (κ3) is 11.7. The normalized spacial score (nSPS) is 12.7. The SMILES string of the molecule is CCOC/C=C(/C)CC/C=C(/C)CCC=C(C)C. The van der Waals surface area contributed by atoms with Gasteiger partial charge in [0.2, 0.25) is 0 Å². The van der Waals surface area contributed by atoms with Crippen molar-refractivity contribution in [3.05, 3.63) is 34.9 Å². The van der Waals surface area contributed by atoms with Crippen LogP contribution in [-0.4, -0.2) is 13.2 Å². The van der Waals surface area contributed by atoms with Gasteiger partial charge in [0, 0.05) is 6.61 Å². The molecule has 1 heteroatoms. The topological polar surface area (TPSA) is 9.23 Å². The number of hydrogen-bond donors (Lipinski definition) is 0. The summed E-state index contributed by atoms with van der Waals surface area (Å²) in [7, 11) is 0. The standard InChI is InChI=1S/C17H30O/c1-6-18-14-13-17(5)12-8-11-16(4)10-7-9-15(2)3/h9,11,13H,6-8,10,12,14H2,1-5H3/b16-11-,17-13-. The molecule has 0 aromatic rings. The van der Waals surface area contributed by atoms with Gasteiger partial charge in [-0.2, -0.15) is 0 Å². The Kier molecular flexibility index (Phi) is 10.8. The molecule has 0 saturated heterocycles. The van der Waals surface area contributed by atoms with Crippen LogP contribution in [0.15, 0.2) is 34.9 Å². The zero-order chi connectivity index (χ0) is 13.8. The Morgan fingerprint density at radius 1 is 0.833 bits per heavy atom. The van der Waals surface area contributed by atoms with Gasteiger partial charge < -0.3 is 4.74 Å². The van der Waals surface area contributed by atoms with Gasteiger partial charge in [0.1, 0.15) is 0 Å². The molecule has 104 valence electrons. The average Bonchev–Trinajstić information content (AvgIpc) is 2.29. The van der Waals surface area contributed by atoms with Crippen molar-refractivity contribution < 1.29 is 4.74 Å². The van der Waals surface area contributed by atoms with Gasteiger partial charge in [-0.15, -0.1) is 0 Å². The van der Waals surface area contributed by atoms with Crippen LogP contribution in [0.4, 0.5) is 0 Å². The Morgan fingerprint density at radius 2 is 1.39 bits per heavy atom. The Balaban J connectivity index is 3.79. The lowest BCUT2D eigenvalue weighted by Crippen LogP contribution is -1.90. The summed E-state index contributed by atoms with van der Waals surface area (Å²) < 4.78 is 5.31. The lowest BCUT2D eigenvalue weighted by Gasteiger charge is -2.02. The quantitative estimate of drug-likeness (QED) is 0.391. The van der Waals surface area contributed by atoms with Crippen LogP contribution in [-0.2, 0) is 4.74 Å². The minimum Gasteiger partial charge on any atom is -0.378 e. The first-order chi connectivity index (χ1) is 8.56. The Morgan fingerprint density at radius 3 is 1.94 bits per heavy atom. The summed E-state index contributed by atoms with van der Waals surface area (Å²) in [5.74, 6) is 0. The Hall–Kier alpha value is -0.820. The molecule has 0 bridgehead atoms. The van der Waals surface area contributed by atoms with Crippen molar-refractivity contribution in [1.82, 2.24) is 0 Å². The van der Waals surface area contributed by atoms with Crippen LogP contribution in [0.3, 0.4) is 0 Å². The van der Waals surface area contributed by atoms with Crippen molar-refractivity contribution in [1.29, 1.82) is 0 Å². The summed E-state index contributed by atoms with van der Waals surface area (Å²) in [5.41, 5.74) is 4.35. The minimum atomic E-state index is 0.756. The second kappa shape index (κ2) is 11.3. The number of rotatable bonds is 9. The molecule has 0 radical (unpaired) electrons. The van der Waals surface area contributed by atoms with E-state index in [1.54, 1.807) is 0 Å². The molecular weight excluding hydrogens is 220 g/mol. The average molecular weight is 250 g/mol. The van der Waals surface area contributed by atoms with Crippen molar-refractivity contribution in [3.8, 4) is 0 Å². The van der Waals surface area contributed by atoms with Gasteiger partial charge in [-0.1, -0.05) is 34.9 Å². The van der Waals surface area contributed by atoms with Gasteiger partial charge in [-0.3, -0.25) is 0 Å². The van der Waals surface area contributed by atoms with E-state index < -0.39 is 0 Å². The van der Waals surface area contributed by atoms with E-state index in [2.05, 4.69) is 45.9 Å². The van der Waals surface area contributed by atoms with E-state index in [4.69, 9.17) is 4.74 Å². The molecular formula is C17H30O. The van der Waals surface area contributed by atoms with E-state index in [0.717, 1.165) is 26.1 Å². The zero-order valence-electron chi connectivity index (χ0n) is 12.9. The lowest BCUT2D eigenvalue weighted by molar-refractivity contribution is 0.177. The molecule has 0 aromatic carbocycles. The Labute approximate surface area is 114 Å². The molecule has 0 aliphatic heterocycles. The van der Waals surface area contributed by atoms with Crippen LogP contribution in [0.1, 0.15) is 60.3 Å². The second-order valence-electron chi connectivity index (χ2n) is 5.12. The maximum atomic E-state index is 5.31. The van der Waals surface area contributed by atoms with Gasteiger partial charge >= 0.3 is 0 Å². The summed E-state index contributed by atoms with van der Waals surface area (Å²) in [6.07, 6.45) is 11.5. The van der Waals surface area contributed by atoms with Gasteiger partial charge in [0.25, 0.3) is 0 Å². The smallest absolute Gasteiger partial charge is 0.0649 e.